The van der Waals surface area contributed by atoms with Gasteiger partial charge in [-0.25, -0.2) is 4.79 Å². The van der Waals surface area contributed by atoms with E-state index >= 15 is 0 Å². The van der Waals surface area contributed by atoms with Crippen molar-refractivity contribution in [2.45, 2.75) is 32.1 Å². The Bertz CT molecular complexity index is 845. The molecule has 0 saturated carbocycles. The fourth-order valence-corrected chi connectivity index (χ4v) is 3.34. The van der Waals surface area contributed by atoms with Gasteiger partial charge < -0.3 is 20.9 Å². The Morgan fingerprint density at radius 3 is 1.97 bits per heavy atom. The Balaban J connectivity index is 1.41. The molecule has 7 heteroatoms. The number of nitrogens with one attached hydrogen (secondary N) is 3. The molecule has 158 valence electrons. The minimum absolute atomic E-state index is 0.0881. The van der Waals surface area contributed by atoms with Crippen LogP contribution in [0.5, 0.6) is 0 Å². The van der Waals surface area contributed by atoms with Gasteiger partial charge in [0.1, 0.15) is 0 Å². The first kappa shape index (κ1) is 21.4. The third-order valence-electron chi connectivity index (χ3n) is 4.97. The molecule has 1 aliphatic heterocycles. The van der Waals surface area contributed by atoms with Crippen molar-refractivity contribution in [2.75, 3.05) is 30.3 Å². The van der Waals surface area contributed by atoms with E-state index in [0.29, 0.717) is 11.4 Å². The molecule has 2 aromatic rings. The minimum Gasteiger partial charge on any atom is -0.347 e. The Morgan fingerprint density at radius 2 is 1.33 bits per heavy atom. The second-order valence-corrected chi connectivity index (χ2v) is 7.40. The lowest BCUT2D eigenvalue weighted by molar-refractivity contribution is -0.123. The lowest BCUT2D eigenvalue weighted by Gasteiger charge is -2.20. The monoisotopic (exact) mass is 408 g/mol. The van der Waals surface area contributed by atoms with Crippen LogP contribution in [0.2, 0.25) is 0 Å². The molecule has 1 fully saturated rings. The van der Waals surface area contributed by atoms with Crippen molar-refractivity contribution in [3.05, 3.63) is 60.2 Å². The van der Waals surface area contributed by atoms with Crippen molar-refractivity contribution in [3.63, 3.8) is 0 Å². The Hall–Kier alpha value is -3.35. The highest BCUT2D eigenvalue weighted by atomic mass is 16.2. The second kappa shape index (κ2) is 11.0. The molecule has 0 spiro atoms. The van der Waals surface area contributed by atoms with Crippen molar-refractivity contribution in [2.24, 2.45) is 0 Å². The first-order valence-electron chi connectivity index (χ1n) is 10.4. The average molecular weight is 409 g/mol. The normalized spacial score (nSPS) is 13.8. The van der Waals surface area contributed by atoms with Gasteiger partial charge in [-0.15, -0.1) is 0 Å². The van der Waals surface area contributed by atoms with Gasteiger partial charge in [-0.3, -0.25) is 9.59 Å². The summed E-state index contributed by atoms with van der Waals surface area (Å²) in [4.78, 5) is 38.2. The van der Waals surface area contributed by atoms with Crippen LogP contribution in [0, 0.1) is 0 Å². The van der Waals surface area contributed by atoms with E-state index in [-0.39, 0.29) is 30.8 Å². The van der Waals surface area contributed by atoms with E-state index in [4.69, 9.17) is 0 Å². The quantitative estimate of drug-likeness (QED) is 0.684. The zero-order valence-corrected chi connectivity index (χ0v) is 17.0. The van der Waals surface area contributed by atoms with E-state index in [9.17, 15) is 14.4 Å². The number of carbonyl (C=O) groups is 3. The minimum atomic E-state index is -0.308. The molecule has 1 aliphatic rings. The summed E-state index contributed by atoms with van der Waals surface area (Å²) in [5.74, 6) is -0.513. The third kappa shape index (κ3) is 6.92. The molecule has 0 atom stereocenters. The first-order chi connectivity index (χ1) is 14.6. The summed E-state index contributed by atoms with van der Waals surface area (Å²) in [6.07, 6.45) is 4.66. The number of benzene rings is 2. The lowest BCUT2D eigenvalue weighted by Crippen LogP contribution is -2.35. The molecule has 3 N–H and O–H groups in total. The van der Waals surface area contributed by atoms with E-state index in [1.165, 1.54) is 12.8 Å². The van der Waals surface area contributed by atoms with E-state index in [2.05, 4.69) is 16.0 Å². The number of hydrogen-bond donors (Lipinski definition) is 3. The van der Waals surface area contributed by atoms with Gasteiger partial charge in [0.15, 0.2) is 0 Å². The Kier molecular flexibility index (Phi) is 7.83. The molecule has 0 radical (unpaired) electrons. The molecule has 0 aliphatic carbocycles. The summed E-state index contributed by atoms with van der Waals surface area (Å²) in [5, 5.41) is 8.25. The van der Waals surface area contributed by atoms with Crippen LogP contribution in [-0.2, 0) is 16.0 Å². The van der Waals surface area contributed by atoms with Gasteiger partial charge in [0.25, 0.3) is 0 Å². The number of rotatable bonds is 6. The Morgan fingerprint density at radius 1 is 0.733 bits per heavy atom. The van der Waals surface area contributed by atoms with Crippen LogP contribution in [0.1, 0.15) is 31.2 Å². The van der Waals surface area contributed by atoms with Crippen molar-refractivity contribution in [1.29, 1.82) is 0 Å². The largest absolute Gasteiger partial charge is 0.347 e. The van der Waals surface area contributed by atoms with Gasteiger partial charge in [-0.1, -0.05) is 43.2 Å². The van der Waals surface area contributed by atoms with E-state index in [1.807, 2.05) is 35.2 Å². The summed E-state index contributed by atoms with van der Waals surface area (Å²) in [6, 6.07) is 16.2. The van der Waals surface area contributed by atoms with E-state index < -0.39 is 0 Å². The highest BCUT2D eigenvalue weighted by molar-refractivity contribution is 5.95. The maximum absolute atomic E-state index is 12.4. The van der Waals surface area contributed by atoms with Crippen LogP contribution < -0.4 is 16.0 Å². The number of amides is 4. The van der Waals surface area contributed by atoms with Gasteiger partial charge in [0, 0.05) is 24.5 Å². The van der Waals surface area contributed by atoms with Gasteiger partial charge in [-0.2, -0.15) is 0 Å². The van der Waals surface area contributed by atoms with Crippen molar-refractivity contribution in [1.82, 2.24) is 10.2 Å². The fourth-order valence-electron chi connectivity index (χ4n) is 3.34. The maximum Gasteiger partial charge on any atom is 0.321 e. The molecule has 0 aromatic heterocycles. The second-order valence-electron chi connectivity index (χ2n) is 7.40. The van der Waals surface area contributed by atoms with Crippen molar-refractivity contribution < 1.29 is 14.4 Å². The number of hydrogen-bond acceptors (Lipinski definition) is 3. The SMILES string of the molecule is O=C(Cc1ccccc1)NCC(=O)Nc1ccc(NC(=O)N2CCCCCC2)cc1. The van der Waals surface area contributed by atoms with Crippen LogP contribution in [0.4, 0.5) is 16.2 Å². The number of urea groups is 1. The highest BCUT2D eigenvalue weighted by Crippen LogP contribution is 2.16. The summed E-state index contributed by atoms with van der Waals surface area (Å²) >= 11 is 0. The standard InChI is InChI=1S/C23H28N4O3/c28-21(16-18-8-4-3-5-9-18)24-17-22(29)25-19-10-12-20(13-11-19)26-23(30)27-14-6-1-2-7-15-27/h3-5,8-13H,1-2,6-7,14-17H2,(H,24,28)(H,25,29)(H,26,30). The topological polar surface area (TPSA) is 90.5 Å². The first-order valence-corrected chi connectivity index (χ1v) is 10.4. The lowest BCUT2D eigenvalue weighted by atomic mass is 10.1. The average Bonchev–Trinajstić information content (AvgIpc) is 3.04. The molecule has 7 nitrogen and oxygen atoms in total. The molecule has 0 bridgehead atoms. The van der Waals surface area contributed by atoms with Crippen LogP contribution in [0.3, 0.4) is 0 Å². The number of anilines is 2. The fraction of sp³-hybridized carbons (Fsp3) is 0.348. The maximum atomic E-state index is 12.4. The molecular weight excluding hydrogens is 380 g/mol. The van der Waals surface area contributed by atoms with E-state index in [1.54, 1.807) is 24.3 Å². The predicted molar refractivity (Wildman–Crippen MR) is 117 cm³/mol. The van der Waals surface area contributed by atoms with Crippen molar-refractivity contribution in [3.8, 4) is 0 Å². The molecule has 4 amide bonds. The number of nitrogens with zero attached hydrogens (tertiary/aromatic N) is 1. The van der Waals surface area contributed by atoms with Gasteiger partial charge >= 0.3 is 6.03 Å². The molecule has 0 unspecified atom stereocenters. The molecule has 30 heavy (non-hydrogen) atoms. The van der Waals surface area contributed by atoms with E-state index in [0.717, 1.165) is 31.5 Å². The highest BCUT2D eigenvalue weighted by Gasteiger charge is 2.15. The molecule has 2 aromatic carbocycles. The van der Waals surface area contributed by atoms with Crippen LogP contribution in [0.15, 0.2) is 54.6 Å². The smallest absolute Gasteiger partial charge is 0.321 e. The van der Waals surface area contributed by atoms with Gasteiger partial charge in [0.05, 0.1) is 13.0 Å². The third-order valence-corrected chi connectivity index (χ3v) is 4.97. The predicted octanol–water partition coefficient (Wildman–Crippen LogP) is 3.39. The summed E-state index contributed by atoms with van der Waals surface area (Å²) in [6.45, 7) is 1.48. The molecule has 3 rings (SSSR count). The zero-order valence-electron chi connectivity index (χ0n) is 17.0. The summed E-state index contributed by atoms with van der Waals surface area (Å²) in [7, 11) is 0. The van der Waals surface area contributed by atoms with Crippen LogP contribution >= 0.6 is 0 Å². The van der Waals surface area contributed by atoms with Gasteiger partial charge in [-0.05, 0) is 42.7 Å². The molecular formula is C23H28N4O3. The van der Waals surface area contributed by atoms with Crippen LogP contribution in [0.25, 0.3) is 0 Å². The zero-order chi connectivity index (χ0) is 21.2. The molecule has 1 heterocycles. The van der Waals surface area contributed by atoms with Crippen molar-refractivity contribution >= 4 is 29.2 Å². The molecule has 1 saturated heterocycles. The summed E-state index contributed by atoms with van der Waals surface area (Å²) in [5.41, 5.74) is 2.18. The number of carbonyl (C=O) groups excluding carboxylic acids is 3. The Labute approximate surface area is 176 Å². The van der Waals surface area contributed by atoms with Gasteiger partial charge in [0.2, 0.25) is 11.8 Å². The summed E-state index contributed by atoms with van der Waals surface area (Å²) < 4.78 is 0. The number of likely N-dealkylation sites (tertiary alicyclic amines) is 1. The van der Waals surface area contributed by atoms with Crippen LogP contribution in [-0.4, -0.2) is 42.4 Å².